The number of hydrogen-bond donors (Lipinski definition) is 0. The van der Waals surface area contributed by atoms with Gasteiger partial charge in [-0.2, -0.15) is 0 Å². The predicted molar refractivity (Wildman–Crippen MR) is 94.2 cm³/mol. The number of halogens is 1. The lowest BCUT2D eigenvalue weighted by Gasteiger charge is -2.14. The van der Waals surface area contributed by atoms with Gasteiger partial charge in [0.05, 0.1) is 19.0 Å². The molecule has 24 heavy (non-hydrogen) atoms. The lowest BCUT2D eigenvalue weighted by molar-refractivity contribution is -0.144. The molecule has 4 heteroatoms. The average Bonchev–Trinajstić information content (AvgIpc) is 2.63. The Labute approximate surface area is 142 Å². The van der Waals surface area contributed by atoms with E-state index in [0.29, 0.717) is 12.1 Å². The Morgan fingerprint density at radius 2 is 1.58 bits per heavy atom. The molecule has 0 heterocycles. The van der Waals surface area contributed by atoms with Crippen molar-refractivity contribution in [3.05, 3.63) is 71.8 Å². The first-order valence-corrected chi connectivity index (χ1v) is 8.17. The number of rotatable bonds is 8. The van der Waals surface area contributed by atoms with Crippen LogP contribution in [0.15, 0.2) is 65.7 Å². The van der Waals surface area contributed by atoms with E-state index in [2.05, 4.69) is 4.99 Å². The maximum absolute atomic E-state index is 12.6. The molecule has 126 valence electrons. The van der Waals surface area contributed by atoms with Gasteiger partial charge in [0.1, 0.15) is 6.04 Å². The fourth-order valence-corrected chi connectivity index (χ4v) is 2.41. The largest absolute Gasteiger partial charge is 0.464 e. The summed E-state index contributed by atoms with van der Waals surface area (Å²) in [7, 11) is 0. The Kier molecular flexibility index (Phi) is 7.15. The number of carbonyl (C=O) groups excluding carboxylic acids is 1. The third-order valence-corrected chi connectivity index (χ3v) is 3.55. The summed E-state index contributed by atoms with van der Waals surface area (Å²) in [6.45, 7) is 1.56. The van der Waals surface area contributed by atoms with Crippen molar-refractivity contribution in [1.82, 2.24) is 0 Å². The molecule has 0 saturated heterocycles. The predicted octanol–water partition coefficient (Wildman–Crippen LogP) is 4.21. The summed E-state index contributed by atoms with van der Waals surface area (Å²) in [5.74, 6) is -0.407. The minimum absolute atomic E-state index is 0.282. The molecule has 0 aromatic heterocycles. The molecule has 2 rings (SSSR count). The van der Waals surface area contributed by atoms with Crippen molar-refractivity contribution in [2.24, 2.45) is 4.99 Å². The number of nitrogens with zero attached hydrogens (tertiary/aromatic N) is 1. The van der Waals surface area contributed by atoms with Gasteiger partial charge in [0.2, 0.25) is 0 Å². The van der Waals surface area contributed by atoms with Crippen LogP contribution in [0.3, 0.4) is 0 Å². The molecule has 2 aromatic carbocycles. The molecule has 1 unspecified atom stereocenters. The van der Waals surface area contributed by atoms with E-state index in [0.717, 1.165) is 11.1 Å². The van der Waals surface area contributed by atoms with E-state index >= 15 is 0 Å². The minimum Gasteiger partial charge on any atom is -0.464 e. The summed E-state index contributed by atoms with van der Waals surface area (Å²) in [6, 6.07) is 18.7. The Hall–Kier alpha value is -2.49. The monoisotopic (exact) mass is 327 g/mol. The second-order valence-corrected chi connectivity index (χ2v) is 5.31. The molecule has 0 aliphatic carbocycles. The molecule has 0 aliphatic heterocycles. The zero-order chi connectivity index (χ0) is 17.2. The summed E-state index contributed by atoms with van der Waals surface area (Å²) in [4.78, 5) is 16.8. The standard InChI is InChI=1S/C20H22FNO2/c1-2-24-20(23)18(14-9-15-21)22-19(16-10-5-3-6-11-16)17-12-7-4-8-13-17/h3-8,10-13,18H,2,9,14-15H2,1H3. The third kappa shape index (κ3) is 5.01. The van der Waals surface area contributed by atoms with Crippen molar-refractivity contribution in [2.45, 2.75) is 25.8 Å². The van der Waals surface area contributed by atoms with Crippen molar-refractivity contribution in [3.8, 4) is 0 Å². The van der Waals surface area contributed by atoms with Crippen LogP contribution in [0, 0.1) is 0 Å². The second kappa shape index (κ2) is 9.60. The number of benzene rings is 2. The zero-order valence-corrected chi connectivity index (χ0v) is 13.8. The van der Waals surface area contributed by atoms with E-state index < -0.39 is 18.7 Å². The van der Waals surface area contributed by atoms with Crippen molar-refractivity contribution < 1.29 is 13.9 Å². The first kappa shape index (κ1) is 17.9. The molecule has 3 nitrogen and oxygen atoms in total. The first-order chi connectivity index (χ1) is 11.8. The van der Waals surface area contributed by atoms with Gasteiger partial charge in [0.25, 0.3) is 0 Å². The van der Waals surface area contributed by atoms with E-state index in [1.165, 1.54) is 0 Å². The Morgan fingerprint density at radius 3 is 2.04 bits per heavy atom. The summed E-state index contributed by atoms with van der Waals surface area (Å²) in [5.41, 5.74) is 2.55. The molecule has 0 amide bonds. The maximum atomic E-state index is 12.6. The van der Waals surface area contributed by atoms with Crippen molar-refractivity contribution in [1.29, 1.82) is 0 Å². The van der Waals surface area contributed by atoms with Crippen LogP contribution in [-0.4, -0.2) is 31.0 Å². The molecule has 0 aliphatic rings. The van der Waals surface area contributed by atoms with E-state index in [9.17, 15) is 9.18 Å². The van der Waals surface area contributed by atoms with Gasteiger partial charge in [0, 0.05) is 11.1 Å². The van der Waals surface area contributed by atoms with Gasteiger partial charge in [-0.1, -0.05) is 60.7 Å². The molecule has 0 radical (unpaired) electrons. The maximum Gasteiger partial charge on any atom is 0.330 e. The van der Waals surface area contributed by atoms with Crippen molar-refractivity contribution >= 4 is 11.7 Å². The molecular weight excluding hydrogens is 305 g/mol. The van der Waals surface area contributed by atoms with Gasteiger partial charge in [0.15, 0.2) is 0 Å². The van der Waals surface area contributed by atoms with E-state index in [1.807, 2.05) is 60.7 Å². The van der Waals surface area contributed by atoms with Crippen LogP contribution in [0.2, 0.25) is 0 Å². The number of carbonyl (C=O) groups is 1. The van der Waals surface area contributed by atoms with Gasteiger partial charge < -0.3 is 4.74 Å². The van der Waals surface area contributed by atoms with Crippen LogP contribution in [0.1, 0.15) is 30.9 Å². The van der Waals surface area contributed by atoms with Crippen LogP contribution >= 0.6 is 0 Å². The number of esters is 1. The summed E-state index contributed by atoms with van der Waals surface area (Å²) in [5, 5.41) is 0. The average molecular weight is 327 g/mol. The molecule has 0 bridgehead atoms. The van der Waals surface area contributed by atoms with E-state index in [1.54, 1.807) is 6.92 Å². The number of alkyl halides is 1. The van der Waals surface area contributed by atoms with E-state index in [4.69, 9.17) is 4.74 Å². The number of hydrogen-bond acceptors (Lipinski definition) is 3. The van der Waals surface area contributed by atoms with Gasteiger partial charge in [-0.05, 0) is 19.8 Å². The highest BCUT2D eigenvalue weighted by atomic mass is 19.1. The van der Waals surface area contributed by atoms with Crippen LogP contribution < -0.4 is 0 Å². The van der Waals surface area contributed by atoms with Gasteiger partial charge in [-0.15, -0.1) is 0 Å². The van der Waals surface area contributed by atoms with Crippen LogP contribution in [-0.2, 0) is 9.53 Å². The molecule has 0 N–H and O–H groups in total. The summed E-state index contributed by atoms with van der Waals surface area (Å²) < 4.78 is 17.7. The fraction of sp³-hybridized carbons (Fsp3) is 0.300. The highest BCUT2D eigenvalue weighted by Gasteiger charge is 2.20. The smallest absolute Gasteiger partial charge is 0.330 e. The number of aliphatic imine (C=N–C) groups is 1. The summed E-state index contributed by atoms with van der Waals surface area (Å²) >= 11 is 0. The molecule has 1 atom stereocenters. The number of ether oxygens (including phenoxy) is 1. The highest BCUT2D eigenvalue weighted by Crippen LogP contribution is 2.15. The lowest BCUT2D eigenvalue weighted by atomic mass is 10.0. The minimum atomic E-state index is -0.698. The molecule has 0 saturated carbocycles. The quantitative estimate of drug-likeness (QED) is 0.538. The van der Waals surface area contributed by atoms with Crippen molar-refractivity contribution in [3.63, 3.8) is 0 Å². The highest BCUT2D eigenvalue weighted by molar-refractivity contribution is 6.13. The van der Waals surface area contributed by atoms with Crippen LogP contribution in [0.5, 0.6) is 0 Å². The third-order valence-electron chi connectivity index (χ3n) is 3.55. The Morgan fingerprint density at radius 1 is 1.04 bits per heavy atom. The van der Waals surface area contributed by atoms with Crippen LogP contribution in [0.25, 0.3) is 0 Å². The zero-order valence-electron chi connectivity index (χ0n) is 13.8. The molecular formula is C20H22FNO2. The lowest BCUT2D eigenvalue weighted by Crippen LogP contribution is -2.24. The van der Waals surface area contributed by atoms with Gasteiger partial charge in [-0.25, -0.2) is 4.79 Å². The molecule has 0 spiro atoms. The van der Waals surface area contributed by atoms with Crippen molar-refractivity contribution in [2.75, 3.05) is 13.3 Å². The normalized spacial score (nSPS) is 11.6. The van der Waals surface area contributed by atoms with Gasteiger partial charge in [-0.3, -0.25) is 9.38 Å². The molecule has 2 aromatic rings. The SMILES string of the molecule is CCOC(=O)C(CCCF)N=C(c1ccccc1)c1ccccc1. The topological polar surface area (TPSA) is 38.7 Å². The van der Waals surface area contributed by atoms with Gasteiger partial charge >= 0.3 is 5.97 Å². The Bertz CT molecular complexity index is 614. The Balaban J connectivity index is 2.42. The fourth-order valence-electron chi connectivity index (χ4n) is 2.41. The first-order valence-electron chi connectivity index (χ1n) is 8.17. The summed E-state index contributed by atoms with van der Waals surface area (Å²) in [6.07, 6.45) is 0.613. The van der Waals surface area contributed by atoms with Crippen LogP contribution in [0.4, 0.5) is 4.39 Å². The second-order valence-electron chi connectivity index (χ2n) is 5.31. The molecule has 0 fully saturated rings. The van der Waals surface area contributed by atoms with E-state index in [-0.39, 0.29) is 13.0 Å².